The topological polar surface area (TPSA) is 170 Å². The van der Waals surface area contributed by atoms with Crippen molar-refractivity contribution in [3.63, 3.8) is 0 Å². The van der Waals surface area contributed by atoms with Gasteiger partial charge in [0.2, 0.25) is 5.91 Å². The predicted octanol–water partition coefficient (Wildman–Crippen LogP) is -2.85. The second kappa shape index (κ2) is 9.56. The van der Waals surface area contributed by atoms with E-state index in [9.17, 15) is 33.3 Å². The molecule has 0 aromatic heterocycles. The summed E-state index contributed by atoms with van der Waals surface area (Å²) in [7, 11) is -4.19. The van der Waals surface area contributed by atoms with Crippen molar-refractivity contribution in [2.75, 3.05) is 13.2 Å². The molecule has 0 aliphatic rings. The molecular formula is C14H19NO9S. The number of carbonyl (C=O) groups is 2. The maximum absolute atomic E-state index is 11.8. The maximum Gasteiger partial charge on any atom is 0.297 e. The molecule has 11 heteroatoms. The van der Waals surface area contributed by atoms with Crippen LogP contribution in [0, 0.1) is 0 Å². The van der Waals surface area contributed by atoms with Gasteiger partial charge in [-0.25, -0.2) is 0 Å². The van der Waals surface area contributed by atoms with Gasteiger partial charge in [0.25, 0.3) is 10.1 Å². The third kappa shape index (κ3) is 6.16. The van der Waals surface area contributed by atoms with Crippen molar-refractivity contribution in [3.05, 3.63) is 30.3 Å². The van der Waals surface area contributed by atoms with Gasteiger partial charge in [-0.05, 0) is 12.1 Å². The van der Waals surface area contributed by atoms with Crippen LogP contribution in [0.25, 0.3) is 0 Å². The number of hydrogen-bond donors (Lipinski definition) is 5. The fraction of sp³-hybridized carbons (Fsp3) is 0.429. The maximum atomic E-state index is 11.8. The van der Waals surface area contributed by atoms with Crippen LogP contribution in [0.2, 0.25) is 0 Å². The van der Waals surface area contributed by atoms with E-state index in [1.54, 1.807) is 6.07 Å². The minimum Gasteiger partial charge on any atom is -0.394 e. The number of amides is 1. The van der Waals surface area contributed by atoms with Gasteiger partial charge >= 0.3 is 0 Å². The molecule has 1 amide bonds. The zero-order chi connectivity index (χ0) is 19.0. The van der Waals surface area contributed by atoms with Crippen molar-refractivity contribution in [3.8, 4) is 0 Å². The lowest BCUT2D eigenvalue weighted by molar-refractivity contribution is -0.132. The average Bonchev–Trinajstić information content (AvgIpc) is 2.63. The van der Waals surface area contributed by atoms with Crippen LogP contribution in [0.4, 0.5) is 0 Å². The Morgan fingerprint density at radius 3 is 2.28 bits per heavy atom. The van der Waals surface area contributed by atoms with E-state index >= 15 is 0 Å². The minimum atomic E-state index is -4.19. The summed E-state index contributed by atoms with van der Waals surface area (Å²) in [5.41, 5.74) is 0. The van der Waals surface area contributed by atoms with Gasteiger partial charge in [0, 0.05) is 0 Å². The van der Waals surface area contributed by atoms with Crippen LogP contribution in [0.3, 0.4) is 0 Å². The molecule has 0 aliphatic heterocycles. The Morgan fingerprint density at radius 2 is 1.76 bits per heavy atom. The molecule has 5 N–H and O–H groups in total. The van der Waals surface area contributed by atoms with Gasteiger partial charge in [-0.3, -0.25) is 8.98 Å². The first-order valence-electron chi connectivity index (χ1n) is 7.07. The van der Waals surface area contributed by atoms with Crippen molar-refractivity contribution < 1.29 is 42.6 Å². The number of carbonyl (C=O) groups excluding carboxylic acids is 2. The molecule has 10 nitrogen and oxygen atoms in total. The summed E-state index contributed by atoms with van der Waals surface area (Å²) >= 11 is 0. The largest absolute Gasteiger partial charge is 0.394 e. The second-order valence-electron chi connectivity index (χ2n) is 4.99. The Bertz CT molecular complexity index is 664. The molecule has 4 unspecified atom stereocenters. The van der Waals surface area contributed by atoms with Crippen LogP contribution in [0.1, 0.15) is 0 Å². The van der Waals surface area contributed by atoms with Crippen LogP contribution in [-0.4, -0.2) is 78.6 Å². The lowest BCUT2D eigenvalue weighted by Crippen LogP contribution is -2.54. The van der Waals surface area contributed by atoms with Crippen LogP contribution >= 0.6 is 0 Å². The summed E-state index contributed by atoms with van der Waals surface area (Å²) in [5, 5.41) is 39.1. The van der Waals surface area contributed by atoms with Gasteiger partial charge < -0.3 is 30.5 Å². The zero-order valence-corrected chi connectivity index (χ0v) is 13.7. The highest BCUT2D eigenvalue weighted by atomic mass is 32.2. The van der Waals surface area contributed by atoms with Crippen molar-refractivity contribution in [1.82, 2.24) is 5.32 Å². The van der Waals surface area contributed by atoms with E-state index in [4.69, 9.17) is 5.11 Å². The summed E-state index contributed by atoms with van der Waals surface area (Å²) in [6.07, 6.45) is -5.48. The summed E-state index contributed by atoms with van der Waals surface area (Å²) in [6, 6.07) is 5.39. The number of rotatable bonds is 10. The zero-order valence-electron chi connectivity index (χ0n) is 12.9. The van der Waals surface area contributed by atoms with Crippen LogP contribution in [0.15, 0.2) is 35.2 Å². The molecule has 0 spiro atoms. The smallest absolute Gasteiger partial charge is 0.297 e. The molecule has 0 radical (unpaired) electrons. The number of benzene rings is 1. The highest BCUT2D eigenvalue weighted by Crippen LogP contribution is 2.11. The number of hydrogen-bond acceptors (Lipinski definition) is 9. The van der Waals surface area contributed by atoms with E-state index in [0.29, 0.717) is 0 Å². The Balaban J connectivity index is 2.64. The Morgan fingerprint density at radius 1 is 1.16 bits per heavy atom. The Hall–Kier alpha value is -1.89. The normalized spacial score (nSPS) is 16.5. The van der Waals surface area contributed by atoms with Crippen molar-refractivity contribution in [2.45, 2.75) is 29.2 Å². The molecule has 4 atom stereocenters. The number of aldehydes is 1. The van der Waals surface area contributed by atoms with Gasteiger partial charge in [0.1, 0.15) is 37.2 Å². The third-order valence-electron chi connectivity index (χ3n) is 3.15. The van der Waals surface area contributed by atoms with Crippen LogP contribution in [-0.2, 0) is 23.9 Å². The van der Waals surface area contributed by atoms with E-state index in [0.717, 1.165) is 0 Å². The molecule has 1 rings (SSSR count). The fourth-order valence-corrected chi connectivity index (χ4v) is 2.65. The molecule has 0 saturated heterocycles. The van der Waals surface area contributed by atoms with Gasteiger partial charge in [-0.2, -0.15) is 8.42 Å². The number of aliphatic hydroxyl groups is 4. The van der Waals surface area contributed by atoms with Crippen molar-refractivity contribution in [2.24, 2.45) is 0 Å². The van der Waals surface area contributed by atoms with Crippen LogP contribution < -0.4 is 5.32 Å². The molecule has 0 bridgehead atoms. The Labute approximate surface area is 143 Å². The molecule has 0 heterocycles. The first kappa shape index (κ1) is 21.2. The number of nitrogens with one attached hydrogen (secondary N) is 1. The van der Waals surface area contributed by atoms with Gasteiger partial charge in [-0.1, -0.05) is 18.2 Å². The lowest BCUT2D eigenvalue weighted by atomic mass is 10.0. The summed E-state index contributed by atoms with van der Waals surface area (Å²) in [6.45, 7) is -1.84. The molecule has 25 heavy (non-hydrogen) atoms. The molecule has 0 saturated carbocycles. The summed E-state index contributed by atoms with van der Waals surface area (Å²) in [4.78, 5) is 22.5. The summed E-state index contributed by atoms with van der Waals surface area (Å²) < 4.78 is 28.2. The lowest BCUT2D eigenvalue weighted by Gasteiger charge is -2.26. The third-order valence-corrected chi connectivity index (χ3v) is 4.43. The van der Waals surface area contributed by atoms with E-state index in [1.165, 1.54) is 24.3 Å². The SMILES string of the molecule is O=CC(NC(=O)COS(=O)(=O)c1ccccc1)C(O)C(O)C(O)CO. The molecule has 1 aromatic carbocycles. The monoisotopic (exact) mass is 377 g/mol. The quantitative estimate of drug-likeness (QED) is 0.213. The highest BCUT2D eigenvalue weighted by molar-refractivity contribution is 7.86. The van der Waals surface area contributed by atoms with Gasteiger partial charge in [-0.15, -0.1) is 0 Å². The summed E-state index contributed by atoms with van der Waals surface area (Å²) in [5.74, 6) is -1.05. The second-order valence-corrected chi connectivity index (χ2v) is 6.61. The van der Waals surface area contributed by atoms with Gasteiger partial charge in [0.15, 0.2) is 0 Å². The van der Waals surface area contributed by atoms with E-state index in [2.05, 4.69) is 4.18 Å². The molecule has 0 fully saturated rings. The highest BCUT2D eigenvalue weighted by Gasteiger charge is 2.32. The predicted molar refractivity (Wildman–Crippen MR) is 82.7 cm³/mol. The van der Waals surface area contributed by atoms with Crippen LogP contribution in [0.5, 0.6) is 0 Å². The first-order chi connectivity index (χ1) is 11.7. The average molecular weight is 377 g/mol. The van der Waals surface area contributed by atoms with Crippen molar-refractivity contribution >= 4 is 22.3 Å². The Kier molecular flexibility index (Phi) is 8.09. The molecule has 0 aliphatic carbocycles. The minimum absolute atomic E-state index is 0.0849. The fourth-order valence-electron chi connectivity index (χ4n) is 1.76. The van der Waals surface area contributed by atoms with Gasteiger partial charge in [0.05, 0.1) is 11.5 Å². The van der Waals surface area contributed by atoms with E-state index < -0.39 is 53.6 Å². The standard InChI is InChI=1S/C14H19NO9S/c16-6-10(13(20)14(21)11(18)7-17)15-12(19)8-24-25(22,23)9-4-2-1-3-5-9/h1-6,10-11,13-14,17-18,20-21H,7-8H2,(H,15,19). The number of aliphatic hydroxyl groups excluding tert-OH is 4. The molecule has 1 aromatic rings. The molecule has 140 valence electrons. The first-order valence-corrected chi connectivity index (χ1v) is 8.48. The van der Waals surface area contributed by atoms with E-state index in [1.807, 2.05) is 5.32 Å². The van der Waals surface area contributed by atoms with E-state index in [-0.39, 0.29) is 11.2 Å². The van der Waals surface area contributed by atoms with Crippen molar-refractivity contribution in [1.29, 1.82) is 0 Å². The molecular weight excluding hydrogens is 358 g/mol.